The van der Waals surface area contributed by atoms with E-state index >= 15 is 0 Å². The molecular weight excluding hydrogens is 865 g/mol. The number of anilines is 2. The van der Waals surface area contributed by atoms with Gasteiger partial charge in [0.05, 0.1) is 36.7 Å². The van der Waals surface area contributed by atoms with Gasteiger partial charge in [-0.05, 0) is 149 Å². The minimum absolute atomic E-state index is 0.177. The zero-order valence-corrected chi connectivity index (χ0v) is 40.8. The van der Waals surface area contributed by atoms with E-state index < -0.39 is 37.1 Å². The highest BCUT2D eigenvalue weighted by Gasteiger charge is 2.44. The molecule has 10 nitrogen and oxygen atoms in total. The van der Waals surface area contributed by atoms with Crippen LogP contribution in [-0.2, 0) is 28.9 Å². The van der Waals surface area contributed by atoms with E-state index in [4.69, 9.17) is 18.9 Å². The first-order valence-corrected chi connectivity index (χ1v) is 25.8. The van der Waals surface area contributed by atoms with E-state index in [1.807, 2.05) is 18.2 Å². The van der Waals surface area contributed by atoms with Crippen LogP contribution >= 0.6 is 0 Å². The number of hydrogen-bond acceptors (Lipinski definition) is 10. The van der Waals surface area contributed by atoms with E-state index in [2.05, 4.69) is 123 Å². The molecule has 4 aliphatic heterocycles. The van der Waals surface area contributed by atoms with E-state index in [0.29, 0.717) is 36.4 Å². The van der Waals surface area contributed by atoms with Gasteiger partial charge < -0.3 is 49.6 Å². The summed E-state index contributed by atoms with van der Waals surface area (Å²) in [5.74, 6) is 4.92. The van der Waals surface area contributed by atoms with Gasteiger partial charge in [0.2, 0.25) is 0 Å². The average molecular weight is 937 g/mol. The lowest BCUT2D eigenvalue weighted by molar-refractivity contribution is -0.231. The normalized spacial score (nSPS) is 28.5. The SMILES string of the molecule is CC[C@H]1O[C@@H](c2ccc(C3CC3)c(Cc3ccc4c(c3)N(Cc3ccccc3)CCO4)c2)[C@H](C)[C@@H](C)[C@@H]1C.OC[C@H]1O[C@@H](c2ccc(C3CC3)c(Cc3ccc4c(c3)NCCO4)c2)[C@H](O)[C@@H](O)[C@@H]1O. The van der Waals surface area contributed by atoms with Crippen LogP contribution in [0.4, 0.5) is 11.4 Å². The van der Waals surface area contributed by atoms with Crippen molar-refractivity contribution in [1.82, 2.24) is 0 Å². The Hall–Kier alpha value is -4.94. The van der Waals surface area contributed by atoms with Crippen molar-refractivity contribution in [1.29, 1.82) is 0 Å². The molecule has 2 aliphatic carbocycles. The summed E-state index contributed by atoms with van der Waals surface area (Å²) in [7, 11) is 0. The predicted molar refractivity (Wildman–Crippen MR) is 270 cm³/mol. The number of aliphatic hydroxyl groups is 4. The molecule has 5 aromatic carbocycles. The van der Waals surface area contributed by atoms with E-state index in [-0.39, 0.29) is 6.10 Å². The molecule has 4 fully saturated rings. The molecule has 5 N–H and O–H groups in total. The van der Waals surface area contributed by atoms with Crippen LogP contribution in [0.25, 0.3) is 0 Å². The summed E-state index contributed by atoms with van der Waals surface area (Å²) in [5, 5.41) is 43.7. The Bertz CT molecular complexity index is 2540. The van der Waals surface area contributed by atoms with Crippen LogP contribution in [0.1, 0.15) is 134 Å². The van der Waals surface area contributed by atoms with Crippen LogP contribution in [0.2, 0.25) is 0 Å². The van der Waals surface area contributed by atoms with Crippen molar-refractivity contribution in [3.05, 3.63) is 153 Å². The largest absolute Gasteiger partial charge is 0.490 e. The van der Waals surface area contributed by atoms with Gasteiger partial charge in [0.1, 0.15) is 55.2 Å². The van der Waals surface area contributed by atoms with E-state index in [0.717, 1.165) is 85.3 Å². The highest BCUT2D eigenvalue weighted by atomic mass is 16.5. The molecule has 0 spiro atoms. The molecule has 69 heavy (non-hydrogen) atoms. The molecule has 11 rings (SSSR count). The van der Waals surface area contributed by atoms with Crippen molar-refractivity contribution >= 4 is 11.4 Å². The number of nitrogens with zero attached hydrogens (tertiary/aromatic N) is 1. The molecule has 366 valence electrons. The topological polar surface area (TPSA) is 133 Å². The maximum Gasteiger partial charge on any atom is 0.142 e. The van der Waals surface area contributed by atoms with Crippen LogP contribution in [-0.4, -0.2) is 83.9 Å². The average Bonchev–Trinajstić information content (AvgIpc) is 4.32. The molecule has 6 aliphatic rings. The van der Waals surface area contributed by atoms with Gasteiger partial charge in [-0.2, -0.15) is 0 Å². The van der Waals surface area contributed by atoms with Gasteiger partial charge in [-0.25, -0.2) is 0 Å². The van der Waals surface area contributed by atoms with Gasteiger partial charge in [0, 0.05) is 13.1 Å². The van der Waals surface area contributed by atoms with Gasteiger partial charge >= 0.3 is 0 Å². The summed E-state index contributed by atoms with van der Waals surface area (Å²) in [5.41, 5.74) is 13.7. The Kier molecular flexibility index (Phi) is 14.4. The first-order valence-electron chi connectivity index (χ1n) is 25.8. The molecule has 2 saturated heterocycles. The molecule has 0 amide bonds. The number of fused-ring (bicyclic) bond motifs is 2. The van der Waals surface area contributed by atoms with E-state index in [9.17, 15) is 20.4 Å². The van der Waals surface area contributed by atoms with Gasteiger partial charge in [-0.15, -0.1) is 0 Å². The van der Waals surface area contributed by atoms with E-state index in [1.165, 1.54) is 59.2 Å². The zero-order chi connectivity index (χ0) is 47.8. The number of nitrogens with one attached hydrogen (secondary N) is 1. The van der Waals surface area contributed by atoms with Gasteiger partial charge in [-0.3, -0.25) is 0 Å². The second-order valence-corrected chi connectivity index (χ2v) is 20.8. The summed E-state index contributed by atoms with van der Waals surface area (Å²) in [6, 6.07) is 37.1. The molecule has 10 heteroatoms. The predicted octanol–water partition coefficient (Wildman–Crippen LogP) is 9.79. The quantitative estimate of drug-likeness (QED) is 0.0824. The lowest BCUT2D eigenvalue weighted by Crippen LogP contribution is -2.55. The second-order valence-electron chi connectivity index (χ2n) is 20.8. The van der Waals surface area contributed by atoms with Crippen molar-refractivity contribution in [2.75, 3.05) is 43.1 Å². The lowest BCUT2D eigenvalue weighted by Gasteiger charge is -2.44. The molecule has 10 atom stereocenters. The van der Waals surface area contributed by atoms with Crippen LogP contribution < -0.4 is 19.7 Å². The smallest absolute Gasteiger partial charge is 0.142 e. The van der Waals surface area contributed by atoms with Crippen molar-refractivity contribution in [3.8, 4) is 11.5 Å². The summed E-state index contributed by atoms with van der Waals surface area (Å²) in [6.45, 7) is 13.0. The van der Waals surface area contributed by atoms with Crippen molar-refractivity contribution < 1.29 is 39.4 Å². The third-order valence-electron chi connectivity index (χ3n) is 16.1. The molecule has 2 saturated carbocycles. The highest BCUT2D eigenvalue weighted by molar-refractivity contribution is 5.63. The number of ether oxygens (including phenoxy) is 4. The van der Waals surface area contributed by atoms with Crippen molar-refractivity contribution in [2.45, 2.75) is 134 Å². The first kappa shape index (κ1) is 47.7. The Labute approximate surface area is 408 Å². The van der Waals surface area contributed by atoms with Crippen molar-refractivity contribution in [2.24, 2.45) is 17.8 Å². The second kappa shape index (κ2) is 20.8. The van der Waals surface area contributed by atoms with Crippen LogP contribution in [0, 0.1) is 17.8 Å². The fraction of sp³-hybridized carbons (Fsp3) is 0.492. The Morgan fingerprint density at radius 3 is 1.87 bits per heavy atom. The van der Waals surface area contributed by atoms with Crippen LogP contribution in [0.15, 0.2) is 103 Å². The third kappa shape index (κ3) is 10.4. The minimum Gasteiger partial charge on any atom is -0.490 e. The summed E-state index contributed by atoms with van der Waals surface area (Å²) < 4.78 is 24.3. The lowest BCUT2D eigenvalue weighted by atomic mass is 9.74. The maximum atomic E-state index is 10.5. The monoisotopic (exact) mass is 937 g/mol. The van der Waals surface area contributed by atoms with Crippen LogP contribution in [0.5, 0.6) is 11.5 Å². The first-order chi connectivity index (χ1) is 33.6. The number of rotatable bonds is 12. The molecule has 0 radical (unpaired) electrons. The highest BCUT2D eigenvalue weighted by Crippen LogP contribution is 2.48. The van der Waals surface area contributed by atoms with Gasteiger partial charge in [0.15, 0.2) is 0 Å². The molecule has 4 heterocycles. The molecule has 0 aromatic heterocycles. The summed E-state index contributed by atoms with van der Waals surface area (Å²) in [4.78, 5) is 2.47. The number of benzene rings is 5. The van der Waals surface area contributed by atoms with Gasteiger partial charge in [0.25, 0.3) is 0 Å². The maximum absolute atomic E-state index is 10.5. The molecule has 5 aromatic rings. The number of hydrogen-bond donors (Lipinski definition) is 5. The fourth-order valence-corrected chi connectivity index (χ4v) is 11.4. The summed E-state index contributed by atoms with van der Waals surface area (Å²) in [6.07, 6.45) is 2.52. The molecular formula is C59H72N2O8. The third-order valence-corrected chi connectivity index (χ3v) is 16.1. The number of aliphatic hydroxyl groups excluding tert-OH is 4. The molecule has 0 unspecified atom stereocenters. The summed E-state index contributed by atoms with van der Waals surface area (Å²) >= 11 is 0. The fourth-order valence-electron chi connectivity index (χ4n) is 11.4. The standard InChI is InChI=1S/C35H43NO2.C24H29NO6/c1-5-33-24(3)23(2)25(4)35(38-33)29-14-15-31(28-12-13-28)30(21-29)19-27-11-16-34-32(20-27)36(17-18-37-34)22-26-9-7-6-8-10-26;26-12-20-21(27)22(28)23(29)24(31-20)15-4-5-17(14-2-3-14)16(11-15)9-13-1-6-19-18(10-13)25-7-8-30-19/h6-11,14-16,20-21,23-25,28,33,35H,5,12-13,17-19,22H2,1-4H3;1,4-6,10-11,14,20-29H,2-3,7-9,12H2/t23-,24-,25+,33+,35+;20-,21-,22+,23-,24+/m01/s1. The van der Waals surface area contributed by atoms with Crippen LogP contribution in [0.3, 0.4) is 0 Å². The Balaban J connectivity index is 0.000000164. The molecule has 0 bridgehead atoms. The van der Waals surface area contributed by atoms with Gasteiger partial charge in [-0.1, -0.05) is 107 Å². The van der Waals surface area contributed by atoms with E-state index in [1.54, 1.807) is 5.56 Å². The zero-order valence-electron chi connectivity index (χ0n) is 40.8. The minimum atomic E-state index is -1.38. The Morgan fingerprint density at radius 2 is 1.22 bits per heavy atom. The van der Waals surface area contributed by atoms with Crippen molar-refractivity contribution in [3.63, 3.8) is 0 Å². The Morgan fingerprint density at radius 1 is 0.594 bits per heavy atom.